The molecule has 5 heteroatoms. The lowest BCUT2D eigenvalue weighted by Gasteiger charge is -1.98. The average molecular weight is 282 g/mol. The standard InChI is InChI=1S/C16H14N2O3/c1-20-16(19)12-6-7-13-14(8-12)21-15(18-13)11-4-2-10(9-17)3-5-11/h2-8H,9,17H2,1H3. The van der Waals surface area contributed by atoms with E-state index < -0.39 is 5.97 Å². The van der Waals surface area contributed by atoms with Crippen molar-refractivity contribution < 1.29 is 13.9 Å². The molecule has 2 aromatic carbocycles. The number of fused-ring (bicyclic) bond motifs is 1. The van der Waals surface area contributed by atoms with Gasteiger partial charge in [-0.25, -0.2) is 9.78 Å². The van der Waals surface area contributed by atoms with E-state index in [1.807, 2.05) is 24.3 Å². The summed E-state index contributed by atoms with van der Waals surface area (Å²) in [6.45, 7) is 0.496. The molecule has 0 aliphatic rings. The van der Waals surface area contributed by atoms with Crippen molar-refractivity contribution in [3.63, 3.8) is 0 Å². The molecule has 0 fully saturated rings. The first-order valence-corrected chi connectivity index (χ1v) is 6.49. The molecule has 106 valence electrons. The van der Waals surface area contributed by atoms with Crippen molar-refractivity contribution in [2.75, 3.05) is 7.11 Å². The summed E-state index contributed by atoms with van der Waals surface area (Å²) in [6.07, 6.45) is 0. The first-order valence-electron chi connectivity index (χ1n) is 6.49. The van der Waals surface area contributed by atoms with Gasteiger partial charge in [-0.05, 0) is 35.9 Å². The number of aromatic nitrogens is 1. The Bertz CT molecular complexity index is 791. The van der Waals surface area contributed by atoms with Gasteiger partial charge in [-0.15, -0.1) is 0 Å². The van der Waals surface area contributed by atoms with Crippen LogP contribution >= 0.6 is 0 Å². The van der Waals surface area contributed by atoms with E-state index in [4.69, 9.17) is 10.2 Å². The molecule has 3 aromatic rings. The van der Waals surface area contributed by atoms with Crippen molar-refractivity contribution in [3.8, 4) is 11.5 Å². The number of esters is 1. The van der Waals surface area contributed by atoms with Crippen molar-refractivity contribution in [2.24, 2.45) is 5.73 Å². The number of hydrogen-bond donors (Lipinski definition) is 1. The minimum atomic E-state index is -0.401. The van der Waals surface area contributed by atoms with E-state index in [0.29, 0.717) is 29.1 Å². The predicted octanol–water partition coefficient (Wildman–Crippen LogP) is 2.74. The zero-order valence-corrected chi connectivity index (χ0v) is 11.5. The fourth-order valence-corrected chi connectivity index (χ4v) is 2.08. The van der Waals surface area contributed by atoms with E-state index >= 15 is 0 Å². The van der Waals surface area contributed by atoms with Crippen molar-refractivity contribution in [3.05, 3.63) is 53.6 Å². The number of oxazole rings is 1. The Morgan fingerprint density at radius 3 is 2.67 bits per heavy atom. The van der Waals surface area contributed by atoms with Crippen molar-refractivity contribution in [1.29, 1.82) is 0 Å². The predicted molar refractivity (Wildman–Crippen MR) is 78.7 cm³/mol. The maximum Gasteiger partial charge on any atom is 0.337 e. The molecule has 0 aliphatic heterocycles. The summed E-state index contributed by atoms with van der Waals surface area (Å²) in [5.74, 6) is 0.109. The van der Waals surface area contributed by atoms with E-state index in [2.05, 4.69) is 9.72 Å². The van der Waals surface area contributed by atoms with Gasteiger partial charge in [-0.1, -0.05) is 12.1 Å². The fraction of sp³-hybridized carbons (Fsp3) is 0.125. The van der Waals surface area contributed by atoms with Gasteiger partial charge < -0.3 is 14.9 Å². The highest BCUT2D eigenvalue weighted by Crippen LogP contribution is 2.25. The van der Waals surface area contributed by atoms with Gasteiger partial charge in [0.2, 0.25) is 5.89 Å². The number of nitrogens with two attached hydrogens (primary N) is 1. The molecule has 3 rings (SSSR count). The van der Waals surface area contributed by atoms with E-state index in [1.54, 1.807) is 18.2 Å². The number of nitrogens with zero attached hydrogens (tertiary/aromatic N) is 1. The lowest BCUT2D eigenvalue weighted by atomic mass is 10.1. The van der Waals surface area contributed by atoms with Gasteiger partial charge >= 0.3 is 5.97 Å². The molecule has 0 atom stereocenters. The molecule has 1 heterocycles. The number of methoxy groups -OCH3 is 1. The maximum atomic E-state index is 11.5. The van der Waals surface area contributed by atoms with Crippen LogP contribution in [-0.2, 0) is 11.3 Å². The lowest BCUT2D eigenvalue weighted by Crippen LogP contribution is -2.00. The smallest absolute Gasteiger partial charge is 0.337 e. The SMILES string of the molecule is COC(=O)c1ccc2nc(-c3ccc(CN)cc3)oc2c1. The van der Waals surface area contributed by atoms with Crippen LogP contribution in [0.4, 0.5) is 0 Å². The number of hydrogen-bond acceptors (Lipinski definition) is 5. The summed E-state index contributed by atoms with van der Waals surface area (Å²) < 4.78 is 10.4. The Labute approximate surface area is 121 Å². The van der Waals surface area contributed by atoms with Crippen molar-refractivity contribution >= 4 is 17.1 Å². The number of rotatable bonds is 3. The van der Waals surface area contributed by atoms with Crippen LogP contribution in [-0.4, -0.2) is 18.1 Å². The zero-order valence-electron chi connectivity index (χ0n) is 11.5. The normalized spacial score (nSPS) is 10.8. The van der Waals surface area contributed by atoms with Gasteiger partial charge in [-0.2, -0.15) is 0 Å². The zero-order chi connectivity index (χ0) is 14.8. The maximum absolute atomic E-state index is 11.5. The topological polar surface area (TPSA) is 78.3 Å². The van der Waals surface area contributed by atoms with Crippen LogP contribution in [0.5, 0.6) is 0 Å². The van der Waals surface area contributed by atoms with Gasteiger partial charge in [0.25, 0.3) is 0 Å². The van der Waals surface area contributed by atoms with Crippen LogP contribution < -0.4 is 5.73 Å². The number of benzene rings is 2. The third-order valence-electron chi connectivity index (χ3n) is 3.25. The Morgan fingerprint density at radius 1 is 1.24 bits per heavy atom. The van der Waals surface area contributed by atoms with E-state index in [9.17, 15) is 4.79 Å². The van der Waals surface area contributed by atoms with Crippen LogP contribution in [0.3, 0.4) is 0 Å². The van der Waals surface area contributed by atoms with Crippen LogP contribution in [0, 0.1) is 0 Å². The van der Waals surface area contributed by atoms with Gasteiger partial charge in [0.1, 0.15) is 5.52 Å². The lowest BCUT2D eigenvalue weighted by molar-refractivity contribution is 0.0601. The monoisotopic (exact) mass is 282 g/mol. The second kappa shape index (κ2) is 5.38. The molecule has 5 nitrogen and oxygen atoms in total. The summed E-state index contributed by atoms with van der Waals surface area (Å²) in [5, 5.41) is 0. The Balaban J connectivity index is 2.01. The van der Waals surface area contributed by atoms with Crippen molar-refractivity contribution in [2.45, 2.75) is 6.54 Å². The molecule has 0 aliphatic carbocycles. The minimum absolute atomic E-state index is 0.401. The summed E-state index contributed by atoms with van der Waals surface area (Å²) >= 11 is 0. The second-order valence-corrected chi connectivity index (χ2v) is 4.59. The molecule has 21 heavy (non-hydrogen) atoms. The summed E-state index contributed by atoms with van der Waals surface area (Å²) in [6, 6.07) is 12.7. The molecule has 0 amide bonds. The molecular weight excluding hydrogens is 268 g/mol. The Kier molecular flexibility index (Phi) is 3.41. The van der Waals surface area contributed by atoms with Crippen LogP contribution in [0.2, 0.25) is 0 Å². The molecule has 0 spiro atoms. The third-order valence-corrected chi connectivity index (χ3v) is 3.25. The summed E-state index contributed by atoms with van der Waals surface area (Å²) in [4.78, 5) is 15.9. The first-order chi connectivity index (χ1) is 10.2. The van der Waals surface area contributed by atoms with Crippen LogP contribution in [0.1, 0.15) is 15.9 Å². The van der Waals surface area contributed by atoms with Crippen molar-refractivity contribution in [1.82, 2.24) is 4.98 Å². The minimum Gasteiger partial charge on any atom is -0.465 e. The number of ether oxygens (including phenoxy) is 1. The molecule has 0 saturated carbocycles. The van der Waals surface area contributed by atoms with Gasteiger partial charge in [0, 0.05) is 12.1 Å². The quantitative estimate of drug-likeness (QED) is 0.747. The molecule has 0 unspecified atom stereocenters. The fourth-order valence-electron chi connectivity index (χ4n) is 2.08. The Morgan fingerprint density at radius 2 is 2.00 bits per heavy atom. The highest BCUT2D eigenvalue weighted by atomic mass is 16.5. The van der Waals surface area contributed by atoms with E-state index in [1.165, 1.54) is 7.11 Å². The molecule has 2 N–H and O–H groups in total. The largest absolute Gasteiger partial charge is 0.465 e. The molecule has 0 bridgehead atoms. The highest BCUT2D eigenvalue weighted by Gasteiger charge is 2.12. The summed E-state index contributed by atoms with van der Waals surface area (Å²) in [5.41, 5.74) is 9.17. The number of carbonyl (C=O) groups excluding carboxylic acids is 1. The molecular formula is C16H14N2O3. The Hall–Kier alpha value is -2.66. The van der Waals surface area contributed by atoms with Gasteiger partial charge in [-0.3, -0.25) is 0 Å². The molecule has 0 radical (unpaired) electrons. The van der Waals surface area contributed by atoms with E-state index in [-0.39, 0.29) is 0 Å². The van der Waals surface area contributed by atoms with Gasteiger partial charge in [0.15, 0.2) is 5.58 Å². The number of carbonyl (C=O) groups is 1. The second-order valence-electron chi connectivity index (χ2n) is 4.59. The first kappa shape index (κ1) is 13.3. The van der Waals surface area contributed by atoms with Crippen LogP contribution in [0.25, 0.3) is 22.6 Å². The summed E-state index contributed by atoms with van der Waals surface area (Å²) in [7, 11) is 1.34. The molecule has 0 saturated heterocycles. The molecule has 1 aromatic heterocycles. The van der Waals surface area contributed by atoms with Gasteiger partial charge in [0.05, 0.1) is 12.7 Å². The average Bonchev–Trinajstić information content (AvgIpc) is 2.97. The van der Waals surface area contributed by atoms with Crippen LogP contribution in [0.15, 0.2) is 46.9 Å². The van der Waals surface area contributed by atoms with E-state index in [0.717, 1.165) is 11.1 Å². The third kappa shape index (κ3) is 2.51. The highest BCUT2D eigenvalue weighted by molar-refractivity contribution is 5.93.